The van der Waals surface area contributed by atoms with Crippen molar-refractivity contribution in [2.45, 2.75) is 64.5 Å². The van der Waals surface area contributed by atoms with Crippen LogP contribution in [0, 0.1) is 5.92 Å². The highest BCUT2D eigenvalue weighted by molar-refractivity contribution is 7.10. The molecule has 3 heteroatoms. The molecule has 1 aromatic rings. The van der Waals surface area contributed by atoms with Gasteiger partial charge in [0, 0.05) is 17.0 Å². The molecule has 0 spiro atoms. The van der Waals surface area contributed by atoms with E-state index >= 15 is 0 Å². The molecule has 1 aliphatic heterocycles. The van der Waals surface area contributed by atoms with E-state index in [0.29, 0.717) is 12.1 Å². The van der Waals surface area contributed by atoms with E-state index in [2.05, 4.69) is 35.5 Å². The Kier molecular flexibility index (Phi) is 5.36. The van der Waals surface area contributed by atoms with Gasteiger partial charge < -0.3 is 10.2 Å². The van der Waals surface area contributed by atoms with Gasteiger partial charge in [-0.15, -0.1) is 11.3 Å². The first-order valence-corrected chi connectivity index (χ1v) is 9.70. The zero-order valence-corrected chi connectivity index (χ0v) is 14.4. The van der Waals surface area contributed by atoms with Gasteiger partial charge in [0.15, 0.2) is 0 Å². The number of nitrogens with zero attached hydrogens (tertiary/aromatic N) is 1. The lowest BCUT2D eigenvalue weighted by Gasteiger charge is -2.37. The zero-order chi connectivity index (χ0) is 14.7. The van der Waals surface area contributed by atoms with Crippen LogP contribution in [-0.4, -0.2) is 30.6 Å². The maximum absolute atomic E-state index is 3.97. The van der Waals surface area contributed by atoms with E-state index in [1.807, 2.05) is 11.3 Å². The molecule has 2 unspecified atom stereocenters. The van der Waals surface area contributed by atoms with Gasteiger partial charge in [-0.2, -0.15) is 0 Å². The summed E-state index contributed by atoms with van der Waals surface area (Å²) in [6.45, 7) is 8.60. The highest BCUT2D eigenvalue weighted by atomic mass is 32.1. The summed E-state index contributed by atoms with van der Waals surface area (Å²) in [7, 11) is 0. The second kappa shape index (κ2) is 7.26. The van der Waals surface area contributed by atoms with E-state index in [0.717, 1.165) is 5.92 Å². The molecule has 0 amide bonds. The summed E-state index contributed by atoms with van der Waals surface area (Å²) in [5.74, 6) is 0.863. The van der Waals surface area contributed by atoms with Crippen LogP contribution in [0.25, 0.3) is 0 Å². The van der Waals surface area contributed by atoms with Crippen LogP contribution in [0.3, 0.4) is 0 Å². The van der Waals surface area contributed by atoms with Gasteiger partial charge in [-0.3, -0.25) is 0 Å². The van der Waals surface area contributed by atoms with Gasteiger partial charge in [-0.05, 0) is 88.0 Å². The highest BCUT2D eigenvalue weighted by Gasteiger charge is 2.27. The van der Waals surface area contributed by atoms with Crippen LogP contribution in [0.5, 0.6) is 0 Å². The molecule has 0 saturated carbocycles. The molecule has 0 bridgehead atoms. The standard InChI is InChI=1S/C18H30N2S/c1-3-10-20-11-7-15(8-12-20)14(2)19-17-5-4-6-18-16(17)9-13-21-18/h9,13-15,17,19H,3-8,10-12H2,1-2H3. The van der Waals surface area contributed by atoms with Crippen LogP contribution in [-0.2, 0) is 6.42 Å². The van der Waals surface area contributed by atoms with Gasteiger partial charge in [0.2, 0.25) is 0 Å². The number of hydrogen-bond donors (Lipinski definition) is 1. The fourth-order valence-electron chi connectivity index (χ4n) is 4.11. The van der Waals surface area contributed by atoms with E-state index in [1.54, 1.807) is 10.4 Å². The Labute approximate surface area is 133 Å². The number of thiophene rings is 1. The number of aryl methyl sites for hydroxylation is 1. The minimum absolute atomic E-state index is 0.615. The smallest absolute Gasteiger partial charge is 0.0333 e. The topological polar surface area (TPSA) is 15.3 Å². The Hall–Kier alpha value is -0.380. The molecule has 2 aliphatic rings. The van der Waals surface area contributed by atoms with Crippen molar-refractivity contribution in [2.75, 3.05) is 19.6 Å². The van der Waals surface area contributed by atoms with Crippen molar-refractivity contribution in [3.63, 3.8) is 0 Å². The van der Waals surface area contributed by atoms with E-state index < -0.39 is 0 Å². The quantitative estimate of drug-likeness (QED) is 0.876. The van der Waals surface area contributed by atoms with Crippen molar-refractivity contribution in [3.05, 3.63) is 21.9 Å². The monoisotopic (exact) mass is 306 g/mol. The lowest BCUT2D eigenvalue weighted by molar-refractivity contribution is 0.157. The van der Waals surface area contributed by atoms with Crippen LogP contribution in [0.1, 0.15) is 62.4 Å². The Morgan fingerprint density at radius 1 is 1.33 bits per heavy atom. The van der Waals surface area contributed by atoms with Crippen molar-refractivity contribution in [2.24, 2.45) is 5.92 Å². The lowest BCUT2D eigenvalue weighted by atomic mass is 9.87. The van der Waals surface area contributed by atoms with Crippen molar-refractivity contribution in [1.29, 1.82) is 0 Å². The normalized spacial score (nSPS) is 25.7. The largest absolute Gasteiger partial charge is 0.307 e. The Morgan fingerprint density at radius 2 is 2.14 bits per heavy atom. The van der Waals surface area contributed by atoms with E-state index in [1.165, 1.54) is 58.2 Å². The lowest BCUT2D eigenvalue weighted by Crippen LogP contribution is -2.43. The Morgan fingerprint density at radius 3 is 2.90 bits per heavy atom. The molecule has 0 radical (unpaired) electrons. The number of fused-ring (bicyclic) bond motifs is 1. The number of likely N-dealkylation sites (tertiary alicyclic amines) is 1. The van der Waals surface area contributed by atoms with E-state index in [4.69, 9.17) is 0 Å². The molecule has 2 heterocycles. The second-order valence-corrected chi connectivity index (χ2v) is 7.88. The summed E-state index contributed by atoms with van der Waals surface area (Å²) < 4.78 is 0. The third-order valence-corrected chi connectivity index (χ3v) is 6.39. The van der Waals surface area contributed by atoms with Gasteiger partial charge in [0.25, 0.3) is 0 Å². The first kappa shape index (κ1) is 15.5. The van der Waals surface area contributed by atoms with Crippen molar-refractivity contribution < 1.29 is 0 Å². The van der Waals surface area contributed by atoms with Crippen LogP contribution in [0.2, 0.25) is 0 Å². The predicted molar refractivity (Wildman–Crippen MR) is 92.1 cm³/mol. The summed E-state index contributed by atoms with van der Waals surface area (Å²) in [4.78, 5) is 4.27. The van der Waals surface area contributed by atoms with Gasteiger partial charge in [-0.1, -0.05) is 6.92 Å². The number of hydrogen-bond acceptors (Lipinski definition) is 3. The van der Waals surface area contributed by atoms with Gasteiger partial charge in [0.05, 0.1) is 0 Å². The first-order chi connectivity index (χ1) is 10.3. The van der Waals surface area contributed by atoms with Crippen molar-refractivity contribution >= 4 is 11.3 Å². The summed E-state index contributed by atoms with van der Waals surface area (Å²) in [6.07, 6.45) is 8.01. The molecular formula is C18H30N2S. The van der Waals surface area contributed by atoms with Crippen LogP contribution >= 0.6 is 11.3 Å². The minimum atomic E-state index is 0.615. The molecule has 3 rings (SSSR count). The number of nitrogens with one attached hydrogen (secondary N) is 1. The molecular weight excluding hydrogens is 276 g/mol. The third kappa shape index (κ3) is 3.69. The SMILES string of the molecule is CCCN1CCC(C(C)NC2CCCc3sccc32)CC1. The number of piperidine rings is 1. The molecule has 1 aromatic heterocycles. The predicted octanol–water partition coefficient (Wildman–Crippen LogP) is 4.23. The third-order valence-electron chi connectivity index (χ3n) is 5.40. The van der Waals surface area contributed by atoms with E-state index in [9.17, 15) is 0 Å². The minimum Gasteiger partial charge on any atom is -0.307 e. The molecule has 2 atom stereocenters. The summed E-state index contributed by atoms with van der Waals surface area (Å²) in [5.41, 5.74) is 1.60. The van der Waals surface area contributed by atoms with Gasteiger partial charge in [0.1, 0.15) is 0 Å². The Bertz CT molecular complexity index is 434. The Balaban J connectivity index is 1.52. The average molecular weight is 307 g/mol. The number of rotatable bonds is 5. The van der Waals surface area contributed by atoms with Crippen molar-refractivity contribution in [1.82, 2.24) is 10.2 Å². The molecule has 1 N–H and O–H groups in total. The van der Waals surface area contributed by atoms with Gasteiger partial charge in [-0.25, -0.2) is 0 Å². The van der Waals surface area contributed by atoms with Crippen LogP contribution in [0.4, 0.5) is 0 Å². The second-order valence-electron chi connectivity index (χ2n) is 6.88. The fourth-order valence-corrected chi connectivity index (χ4v) is 5.09. The maximum Gasteiger partial charge on any atom is 0.0333 e. The first-order valence-electron chi connectivity index (χ1n) is 8.82. The zero-order valence-electron chi connectivity index (χ0n) is 13.6. The average Bonchev–Trinajstić information content (AvgIpc) is 2.98. The van der Waals surface area contributed by atoms with Gasteiger partial charge >= 0.3 is 0 Å². The van der Waals surface area contributed by atoms with Crippen LogP contribution < -0.4 is 5.32 Å². The maximum atomic E-state index is 3.97. The van der Waals surface area contributed by atoms with Crippen molar-refractivity contribution in [3.8, 4) is 0 Å². The highest BCUT2D eigenvalue weighted by Crippen LogP contribution is 2.34. The molecule has 1 aliphatic carbocycles. The molecule has 21 heavy (non-hydrogen) atoms. The molecule has 2 nitrogen and oxygen atoms in total. The molecule has 118 valence electrons. The summed E-state index contributed by atoms with van der Waals surface area (Å²) in [5, 5.41) is 6.24. The van der Waals surface area contributed by atoms with Crippen LogP contribution in [0.15, 0.2) is 11.4 Å². The molecule has 0 aromatic carbocycles. The molecule has 1 fully saturated rings. The summed E-state index contributed by atoms with van der Waals surface area (Å²) >= 11 is 1.95. The van der Waals surface area contributed by atoms with E-state index in [-0.39, 0.29) is 0 Å². The summed E-state index contributed by atoms with van der Waals surface area (Å²) in [6, 6.07) is 3.63. The fraction of sp³-hybridized carbons (Fsp3) is 0.778. The molecule has 1 saturated heterocycles.